The van der Waals surface area contributed by atoms with Gasteiger partial charge in [0.2, 0.25) is 0 Å². The van der Waals surface area contributed by atoms with Crippen LogP contribution in [0.2, 0.25) is 0 Å². The average molecular weight is 329 g/mol. The Balaban J connectivity index is 1.84. The van der Waals surface area contributed by atoms with Crippen LogP contribution in [-0.2, 0) is 21.8 Å². The van der Waals surface area contributed by atoms with Crippen LogP contribution in [0.1, 0.15) is 61.5 Å². The first-order valence-electron chi connectivity index (χ1n) is 7.68. The van der Waals surface area contributed by atoms with Gasteiger partial charge in [-0.05, 0) is 19.3 Å². The zero-order chi connectivity index (χ0) is 15.3. The molecule has 6 heteroatoms. The minimum atomic E-state index is -2.85. The number of nitrogens with one attached hydrogen (secondary N) is 1. The number of hydrogen-bond donors (Lipinski definition) is 1. The van der Waals surface area contributed by atoms with Crippen LogP contribution in [0.15, 0.2) is 0 Å². The molecule has 1 N–H and O–H groups in total. The summed E-state index contributed by atoms with van der Waals surface area (Å²) in [5.74, 6) is 0.702. The molecule has 1 aliphatic carbocycles. The largest absolute Gasteiger partial charge is 0.309 e. The fraction of sp³-hybridized carbons (Fsp3) is 0.800. The van der Waals surface area contributed by atoms with Crippen LogP contribution in [0.4, 0.5) is 0 Å². The van der Waals surface area contributed by atoms with Gasteiger partial charge in [-0.3, -0.25) is 0 Å². The number of nitrogens with zero attached hydrogens (tertiary/aromatic N) is 1. The highest BCUT2D eigenvalue weighted by Crippen LogP contribution is 2.37. The minimum absolute atomic E-state index is 0.00674. The lowest BCUT2D eigenvalue weighted by molar-refractivity contribution is 0.555. The van der Waals surface area contributed by atoms with E-state index in [1.54, 1.807) is 11.3 Å². The van der Waals surface area contributed by atoms with Gasteiger partial charge in [-0.25, -0.2) is 13.4 Å². The predicted molar refractivity (Wildman–Crippen MR) is 86.7 cm³/mol. The lowest BCUT2D eigenvalue weighted by Crippen LogP contribution is -2.20. The second-order valence-electron chi connectivity index (χ2n) is 7.33. The van der Waals surface area contributed by atoms with E-state index in [1.165, 1.54) is 17.7 Å². The average Bonchev–Trinajstić information content (AvgIpc) is 2.96. The Bertz CT molecular complexity index is 625. The van der Waals surface area contributed by atoms with Crippen molar-refractivity contribution in [3.63, 3.8) is 0 Å². The van der Waals surface area contributed by atoms with E-state index in [2.05, 4.69) is 26.1 Å². The van der Waals surface area contributed by atoms with Gasteiger partial charge in [-0.15, -0.1) is 11.3 Å². The van der Waals surface area contributed by atoms with E-state index in [4.69, 9.17) is 4.98 Å². The standard InChI is InChI=1S/C15H24N2O2S2/c1-15(2,3)13-12(8-16-11-4-5-11)20-14(17-13)10-6-7-21(18,19)9-10/h10-11,16H,4-9H2,1-3H3. The highest BCUT2D eigenvalue weighted by molar-refractivity contribution is 7.91. The Morgan fingerprint density at radius 1 is 1.29 bits per heavy atom. The Labute approximate surface area is 131 Å². The predicted octanol–water partition coefficient (Wildman–Crippen LogP) is 2.59. The molecule has 4 nitrogen and oxygen atoms in total. The molecule has 2 fully saturated rings. The molecule has 1 aliphatic heterocycles. The van der Waals surface area contributed by atoms with Crippen LogP contribution in [-0.4, -0.2) is 30.9 Å². The van der Waals surface area contributed by atoms with Crippen molar-refractivity contribution < 1.29 is 8.42 Å². The summed E-state index contributed by atoms with van der Waals surface area (Å²) in [5, 5.41) is 4.58. The molecule has 1 unspecified atom stereocenters. The summed E-state index contributed by atoms with van der Waals surface area (Å²) in [5.41, 5.74) is 1.15. The maximum absolute atomic E-state index is 11.7. The van der Waals surface area contributed by atoms with Gasteiger partial charge in [0.05, 0.1) is 22.2 Å². The van der Waals surface area contributed by atoms with Gasteiger partial charge in [0.15, 0.2) is 9.84 Å². The van der Waals surface area contributed by atoms with Gasteiger partial charge in [-0.2, -0.15) is 0 Å². The molecule has 21 heavy (non-hydrogen) atoms. The van der Waals surface area contributed by atoms with Crippen LogP contribution in [0.5, 0.6) is 0 Å². The second kappa shape index (κ2) is 5.32. The van der Waals surface area contributed by atoms with E-state index >= 15 is 0 Å². The summed E-state index contributed by atoms with van der Waals surface area (Å²) in [6.45, 7) is 7.40. The first-order chi connectivity index (χ1) is 9.74. The van der Waals surface area contributed by atoms with Crippen molar-refractivity contribution in [2.75, 3.05) is 11.5 Å². The third-order valence-corrected chi connectivity index (χ3v) is 7.12. The van der Waals surface area contributed by atoms with E-state index < -0.39 is 9.84 Å². The Kier molecular flexibility index (Phi) is 3.91. The number of sulfone groups is 1. The van der Waals surface area contributed by atoms with Crippen LogP contribution in [0, 0.1) is 0 Å². The van der Waals surface area contributed by atoms with E-state index in [9.17, 15) is 8.42 Å². The van der Waals surface area contributed by atoms with Crippen molar-refractivity contribution in [3.05, 3.63) is 15.6 Å². The smallest absolute Gasteiger partial charge is 0.151 e. The van der Waals surface area contributed by atoms with Gasteiger partial charge in [0, 0.05) is 28.8 Å². The number of rotatable bonds is 4. The molecule has 0 radical (unpaired) electrons. The van der Waals surface area contributed by atoms with Gasteiger partial charge >= 0.3 is 0 Å². The molecule has 1 saturated heterocycles. The molecule has 0 amide bonds. The van der Waals surface area contributed by atoms with Crippen molar-refractivity contribution >= 4 is 21.2 Å². The molecule has 3 rings (SSSR count). The maximum Gasteiger partial charge on any atom is 0.151 e. The van der Waals surface area contributed by atoms with Crippen LogP contribution in [0.25, 0.3) is 0 Å². The summed E-state index contributed by atoms with van der Waals surface area (Å²) in [7, 11) is -2.85. The summed E-state index contributed by atoms with van der Waals surface area (Å²) in [6.07, 6.45) is 3.28. The third kappa shape index (κ3) is 3.66. The quantitative estimate of drug-likeness (QED) is 0.923. The number of thiazole rings is 1. The summed E-state index contributed by atoms with van der Waals surface area (Å²) < 4.78 is 23.4. The Hall–Kier alpha value is -0.460. The topological polar surface area (TPSA) is 59.1 Å². The second-order valence-corrected chi connectivity index (χ2v) is 10.7. The molecular weight excluding hydrogens is 304 g/mol. The lowest BCUT2D eigenvalue weighted by atomic mass is 9.91. The molecule has 1 aromatic rings. The fourth-order valence-electron chi connectivity index (χ4n) is 2.76. The lowest BCUT2D eigenvalue weighted by Gasteiger charge is -2.18. The van der Waals surface area contributed by atoms with Crippen molar-refractivity contribution in [1.82, 2.24) is 10.3 Å². The Morgan fingerprint density at radius 2 is 2.00 bits per heavy atom. The van der Waals surface area contributed by atoms with E-state index in [1.807, 2.05) is 0 Å². The van der Waals surface area contributed by atoms with Gasteiger partial charge < -0.3 is 5.32 Å². The summed E-state index contributed by atoms with van der Waals surface area (Å²) in [6, 6.07) is 0.676. The molecule has 1 aromatic heterocycles. The van der Waals surface area contributed by atoms with E-state index in [0.29, 0.717) is 11.8 Å². The van der Waals surface area contributed by atoms with Gasteiger partial charge in [-0.1, -0.05) is 20.8 Å². The van der Waals surface area contributed by atoms with Crippen molar-refractivity contribution in [3.8, 4) is 0 Å². The SMILES string of the molecule is CC(C)(C)c1nc(C2CCS(=O)(=O)C2)sc1CNC1CC1. The van der Waals surface area contributed by atoms with Gasteiger partial charge in [0.1, 0.15) is 0 Å². The van der Waals surface area contributed by atoms with E-state index in [-0.39, 0.29) is 17.1 Å². The van der Waals surface area contributed by atoms with Gasteiger partial charge in [0.25, 0.3) is 0 Å². The number of hydrogen-bond acceptors (Lipinski definition) is 5. The zero-order valence-corrected chi connectivity index (χ0v) is 14.6. The van der Waals surface area contributed by atoms with Crippen molar-refractivity contribution in [2.45, 2.75) is 64.0 Å². The van der Waals surface area contributed by atoms with E-state index in [0.717, 1.165) is 23.7 Å². The number of aromatic nitrogens is 1. The molecular formula is C15H24N2O2S2. The van der Waals surface area contributed by atoms with Crippen molar-refractivity contribution in [1.29, 1.82) is 0 Å². The van der Waals surface area contributed by atoms with Crippen LogP contribution < -0.4 is 5.32 Å². The first kappa shape index (κ1) is 15.4. The van der Waals surface area contributed by atoms with Crippen LogP contribution >= 0.6 is 11.3 Å². The highest BCUT2D eigenvalue weighted by atomic mass is 32.2. The molecule has 118 valence electrons. The highest BCUT2D eigenvalue weighted by Gasteiger charge is 2.33. The zero-order valence-electron chi connectivity index (χ0n) is 13.0. The Morgan fingerprint density at radius 3 is 2.52 bits per heavy atom. The minimum Gasteiger partial charge on any atom is -0.309 e. The first-order valence-corrected chi connectivity index (χ1v) is 10.3. The monoisotopic (exact) mass is 328 g/mol. The van der Waals surface area contributed by atoms with Crippen molar-refractivity contribution in [2.24, 2.45) is 0 Å². The maximum atomic E-state index is 11.7. The molecule has 0 bridgehead atoms. The fourth-order valence-corrected chi connectivity index (χ4v) is 5.98. The molecule has 0 aromatic carbocycles. The molecule has 1 saturated carbocycles. The molecule has 0 spiro atoms. The molecule has 2 aliphatic rings. The summed E-state index contributed by atoms with van der Waals surface area (Å²) >= 11 is 1.72. The third-order valence-electron chi connectivity index (χ3n) is 4.13. The molecule has 1 atom stereocenters. The summed E-state index contributed by atoms with van der Waals surface area (Å²) in [4.78, 5) is 6.13. The molecule has 2 heterocycles. The van der Waals surface area contributed by atoms with Crippen LogP contribution in [0.3, 0.4) is 0 Å². The normalized spacial score (nSPS) is 25.4.